The molecule has 0 aromatic heterocycles. The summed E-state index contributed by atoms with van der Waals surface area (Å²) in [4.78, 5) is 38.2. The number of carbonyl (C=O) groups is 3. The molecule has 2 N–H and O–H groups in total. The van der Waals surface area contributed by atoms with Crippen LogP contribution in [0.1, 0.15) is 56.6 Å². The highest BCUT2D eigenvalue weighted by Gasteiger charge is 2.34. The van der Waals surface area contributed by atoms with Gasteiger partial charge in [-0.25, -0.2) is 9.59 Å². The SMILES string of the molecule is CCN(C(=O)CC1CCCC1NC(=O)OCC1c2ccccc2-c2ccccc21)C(C)C(=O)O. The van der Waals surface area contributed by atoms with Crippen LogP contribution in [0, 0.1) is 5.92 Å². The number of nitrogens with one attached hydrogen (secondary N) is 1. The Labute approximate surface area is 200 Å². The quantitative estimate of drug-likeness (QED) is 0.604. The van der Waals surface area contributed by atoms with Gasteiger partial charge in [-0.05, 0) is 54.9 Å². The molecule has 4 rings (SSSR count). The van der Waals surface area contributed by atoms with Crippen molar-refractivity contribution >= 4 is 18.0 Å². The van der Waals surface area contributed by atoms with Crippen molar-refractivity contribution in [1.82, 2.24) is 10.2 Å². The summed E-state index contributed by atoms with van der Waals surface area (Å²) in [7, 11) is 0. The molecule has 0 aliphatic heterocycles. The highest BCUT2D eigenvalue weighted by Crippen LogP contribution is 2.44. The molecule has 0 saturated heterocycles. The van der Waals surface area contributed by atoms with E-state index in [0.717, 1.165) is 30.4 Å². The van der Waals surface area contributed by atoms with Gasteiger partial charge in [0.15, 0.2) is 0 Å². The summed E-state index contributed by atoms with van der Waals surface area (Å²) in [5.74, 6) is -1.24. The minimum atomic E-state index is -1.02. The monoisotopic (exact) mass is 464 g/mol. The number of alkyl carbamates (subject to hydrolysis) is 1. The first-order valence-electron chi connectivity index (χ1n) is 12.0. The van der Waals surface area contributed by atoms with Gasteiger partial charge < -0.3 is 20.1 Å². The van der Waals surface area contributed by atoms with Crippen LogP contribution in [0.2, 0.25) is 0 Å². The summed E-state index contributed by atoms with van der Waals surface area (Å²) in [5.41, 5.74) is 4.68. The number of nitrogens with zero attached hydrogens (tertiary/aromatic N) is 1. The van der Waals surface area contributed by atoms with E-state index in [-0.39, 0.29) is 36.8 Å². The molecule has 180 valence electrons. The number of carboxylic acid groups (broad SMARTS) is 1. The van der Waals surface area contributed by atoms with Crippen molar-refractivity contribution in [2.24, 2.45) is 5.92 Å². The van der Waals surface area contributed by atoms with Crippen LogP contribution in [0.25, 0.3) is 11.1 Å². The Hall–Kier alpha value is -3.35. The van der Waals surface area contributed by atoms with E-state index in [4.69, 9.17) is 4.74 Å². The number of likely N-dealkylation sites (N-methyl/N-ethyl adjacent to an activating group) is 1. The van der Waals surface area contributed by atoms with E-state index in [1.54, 1.807) is 6.92 Å². The first-order chi connectivity index (χ1) is 16.4. The van der Waals surface area contributed by atoms with Crippen LogP contribution < -0.4 is 5.32 Å². The van der Waals surface area contributed by atoms with Crippen molar-refractivity contribution in [3.8, 4) is 11.1 Å². The molecule has 0 bridgehead atoms. The highest BCUT2D eigenvalue weighted by atomic mass is 16.5. The predicted octanol–water partition coefficient (Wildman–Crippen LogP) is 4.41. The number of benzene rings is 2. The molecule has 1 saturated carbocycles. The summed E-state index contributed by atoms with van der Waals surface area (Å²) in [6, 6.07) is 15.4. The van der Waals surface area contributed by atoms with Crippen LogP contribution in [0.15, 0.2) is 48.5 Å². The Kier molecular flexibility index (Phi) is 7.20. The first kappa shape index (κ1) is 23.8. The van der Waals surface area contributed by atoms with Crippen LogP contribution in [0.3, 0.4) is 0 Å². The van der Waals surface area contributed by atoms with Gasteiger partial charge in [0.1, 0.15) is 12.6 Å². The Balaban J connectivity index is 1.35. The number of amides is 2. The molecule has 2 amide bonds. The van der Waals surface area contributed by atoms with Crippen LogP contribution in [0.5, 0.6) is 0 Å². The summed E-state index contributed by atoms with van der Waals surface area (Å²) in [5, 5.41) is 12.2. The van der Waals surface area contributed by atoms with E-state index in [1.165, 1.54) is 23.0 Å². The summed E-state index contributed by atoms with van der Waals surface area (Å²) >= 11 is 0. The summed E-state index contributed by atoms with van der Waals surface area (Å²) < 4.78 is 5.67. The molecule has 2 aliphatic rings. The van der Waals surface area contributed by atoms with Crippen molar-refractivity contribution in [1.29, 1.82) is 0 Å². The van der Waals surface area contributed by atoms with Gasteiger partial charge in [0.05, 0.1) is 0 Å². The zero-order valence-corrected chi connectivity index (χ0v) is 19.7. The maximum atomic E-state index is 12.8. The molecule has 3 unspecified atom stereocenters. The van der Waals surface area contributed by atoms with E-state index in [2.05, 4.69) is 29.6 Å². The van der Waals surface area contributed by atoms with E-state index in [9.17, 15) is 19.5 Å². The molecule has 0 radical (unpaired) electrons. The van der Waals surface area contributed by atoms with Crippen molar-refractivity contribution in [2.75, 3.05) is 13.2 Å². The lowest BCUT2D eigenvalue weighted by atomic mass is 9.98. The first-order valence-corrected chi connectivity index (χ1v) is 12.0. The topological polar surface area (TPSA) is 95.9 Å². The van der Waals surface area contributed by atoms with Gasteiger partial charge >= 0.3 is 12.1 Å². The maximum absolute atomic E-state index is 12.8. The normalized spacial score (nSPS) is 19.7. The third-order valence-corrected chi connectivity index (χ3v) is 7.23. The van der Waals surface area contributed by atoms with Crippen molar-refractivity contribution in [2.45, 2.75) is 57.5 Å². The van der Waals surface area contributed by atoms with Gasteiger partial charge in [-0.3, -0.25) is 4.79 Å². The molecule has 2 aromatic rings. The third-order valence-electron chi connectivity index (χ3n) is 7.23. The van der Waals surface area contributed by atoms with Crippen LogP contribution in [-0.4, -0.2) is 53.2 Å². The molecular weight excluding hydrogens is 432 g/mol. The Morgan fingerprint density at radius 2 is 1.68 bits per heavy atom. The second-order valence-electron chi connectivity index (χ2n) is 9.17. The number of carboxylic acids is 1. The highest BCUT2D eigenvalue weighted by molar-refractivity contribution is 5.83. The standard InChI is InChI=1S/C27H32N2O5/c1-3-29(17(2)26(31)32)25(30)15-18-9-8-14-24(18)28-27(33)34-16-23-21-12-6-4-10-19(21)20-11-5-7-13-22(20)23/h4-7,10-13,17-18,23-24H,3,8-9,14-16H2,1-2H3,(H,28,33)(H,31,32). The van der Waals surface area contributed by atoms with Crippen molar-refractivity contribution < 1.29 is 24.2 Å². The molecular formula is C27H32N2O5. The molecule has 0 spiro atoms. The molecule has 34 heavy (non-hydrogen) atoms. The number of ether oxygens (including phenoxy) is 1. The number of fused-ring (bicyclic) bond motifs is 3. The zero-order chi connectivity index (χ0) is 24.2. The van der Waals surface area contributed by atoms with E-state index < -0.39 is 18.1 Å². The van der Waals surface area contributed by atoms with Crippen LogP contribution >= 0.6 is 0 Å². The largest absolute Gasteiger partial charge is 0.480 e. The predicted molar refractivity (Wildman–Crippen MR) is 128 cm³/mol. The fourth-order valence-electron chi connectivity index (χ4n) is 5.40. The molecule has 3 atom stereocenters. The maximum Gasteiger partial charge on any atom is 0.407 e. The minimum absolute atomic E-state index is 0.00489. The van der Waals surface area contributed by atoms with Crippen LogP contribution in [0.4, 0.5) is 4.79 Å². The van der Waals surface area contributed by atoms with Crippen molar-refractivity contribution in [3.05, 3.63) is 59.7 Å². The minimum Gasteiger partial charge on any atom is -0.480 e. The average Bonchev–Trinajstić information content (AvgIpc) is 3.39. The molecule has 0 heterocycles. The molecule has 7 heteroatoms. The van der Waals surface area contributed by atoms with Crippen molar-refractivity contribution in [3.63, 3.8) is 0 Å². The number of hydrogen-bond acceptors (Lipinski definition) is 4. The van der Waals surface area contributed by atoms with Gasteiger partial charge in [-0.1, -0.05) is 55.0 Å². The zero-order valence-electron chi connectivity index (χ0n) is 19.7. The van der Waals surface area contributed by atoms with E-state index in [0.29, 0.717) is 6.54 Å². The Morgan fingerprint density at radius 1 is 1.06 bits per heavy atom. The van der Waals surface area contributed by atoms with E-state index >= 15 is 0 Å². The van der Waals surface area contributed by atoms with E-state index in [1.807, 2.05) is 24.3 Å². The van der Waals surface area contributed by atoms with Gasteiger partial charge in [0.25, 0.3) is 0 Å². The summed E-state index contributed by atoms with van der Waals surface area (Å²) in [6.07, 6.45) is 2.26. The number of rotatable bonds is 8. The smallest absolute Gasteiger partial charge is 0.407 e. The molecule has 1 fully saturated rings. The Morgan fingerprint density at radius 3 is 2.26 bits per heavy atom. The fraction of sp³-hybridized carbons (Fsp3) is 0.444. The second kappa shape index (κ2) is 10.3. The number of aliphatic carboxylic acids is 1. The van der Waals surface area contributed by atoms with Gasteiger partial charge in [-0.15, -0.1) is 0 Å². The van der Waals surface area contributed by atoms with Gasteiger partial charge in [0.2, 0.25) is 5.91 Å². The van der Waals surface area contributed by atoms with Gasteiger partial charge in [-0.2, -0.15) is 0 Å². The van der Waals surface area contributed by atoms with Crippen LogP contribution in [-0.2, 0) is 14.3 Å². The molecule has 2 aliphatic carbocycles. The lowest BCUT2D eigenvalue weighted by Crippen LogP contribution is -2.45. The average molecular weight is 465 g/mol. The third kappa shape index (κ3) is 4.79. The number of carbonyl (C=O) groups excluding carboxylic acids is 2. The fourth-order valence-corrected chi connectivity index (χ4v) is 5.40. The Bertz CT molecular complexity index is 1020. The summed E-state index contributed by atoms with van der Waals surface area (Å²) in [6.45, 7) is 3.88. The molecule has 2 aromatic carbocycles. The second-order valence-corrected chi connectivity index (χ2v) is 9.17. The van der Waals surface area contributed by atoms with Gasteiger partial charge in [0, 0.05) is 24.9 Å². The lowest BCUT2D eigenvalue weighted by molar-refractivity contribution is -0.149. The molecule has 7 nitrogen and oxygen atoms in total. The number of hydrogen-bond donors (Lipinski definition) is 2. The lowest BCUT2D eigenvalue weighted by Gasteiger charge is -2.28.